The molecule has 1 unspecified atom stereocenters. The van der Waals surface area contributed by atoms with Gasteiger partial charge < -0.3 is 15.4 Å². The van der Waals surface area contributed by atoms with E-state index >= 15 is 0 Å². The second-order valence-corrected chi connectivity index (χ2v) is 3.35. The molecule has 0 aliphatic carbocycles. The van der Waals surface area contributed by atoms with E-state index in [9.17, 15) is 0 Å². The maximum Gasteiger partial charge on any atom is 0.137 e. The van der Waals surface area contributed by atoms with Gasteiger partial charge in [0.2, 0.25) is 0 Å². The first kappa shape index (κ1) is 15.4. The van der Waals surface area contributed by atoms with Gasteiger partial charge in [0.05, 0.1) is 12.2 Å². The van der Waals surface area contributed by atoms with Crippen LogP contribution in [0.3, 0.4) is 0 Å². The molecule has 1 aliphatic rings. The summed E-state index contributed by atoms with van der Waals surface area (Å²) in [5.74, 6) is 0.833. The molecule has 16 heavy (non-hydrogen) atoms. The molecule has 0 aromatic carbocycles. The molecule has 0 bridgehead atoms. The van der Waals surface area contributed by atoms with Gasteiger partial charge in [-0.1, -0.05) is 0 Å². The van der Waals surface area contributed by atoms with Crippen LogP contribution in [0.1, 0.15) is 0 Å². The summed E-state index contributed by atoms with van der Waals surface area (Å²) in [7, 11) is 0. The van der Waals surface area contributed by atoms with Crippen LogP contribution >= 0.6 is 24.8 Å². The molecule has 2 rings (SSSR count). The Kier molecular flexibility index (Phi) is 8.29. The van der Waals surface area contributed by atoms with Gasteiger partial charge in [0.15, 0.2) is 0 Å². The highest BCUT2D eigenvalue weighted by Gasteiger charge is 2.11. The van der Waals surface area contributed by atoms with Crippen molar-refractivity contribution in [3.63, 3.8) is 0 Å². The Morgan fingerprint density at radius 1 is 1.38 bits per heavy atom. The van der Waals surface area contributed by atoms with Crippen LogP contribution in [0.25, 0.3) is 0 Å². The number of ether oxygens (including phenoxy) is 1. The van der Waals surface area contributed by atoms with Crippen molar-refractivity contribution < 1.29 is 4.74 Å². The summed E-state index contributed by atoms with van der Waals surface area (Å²) in [6.45, 7) is 3.73. The van der Waals surface area contributed by atoms with Crippen molar-refractivity contribution >= 4 is 24.8 Å². The quantitative estimate of drug-likeness (QED) is 0.852. The van der Waals surface area contributed by atoms with Crippen LogP contribution in [-0.2, 0) is 0 Å². The first-order valence-electron chi connectivity index (χ1n) is 4.92. The number of halogens is 2. The maximum atomic E-state index is 5.58. The Bertz CT molecular complexity index is 268. The molecule has 1 saturated heterocycles. The van der Waals surface area contributed by atoms with Crippen LogP contribution in [0, 0.1) is 0 Å². The van der Waals surface area contributed by atoms with Crippen LogP contribution in [0.4, 0.5) is 0 Å². The molecular formula is C10H17Cl2N3O. The van der Waals surface area contributed by atoms with Gasteiger partial charge in [-0.15, -0.1) is 24.8 Å². The van der Waals surface area contributed by atoms with Crippen molar-refractivity contribution in [1.82, 2.24) is 15.6 Å². The Balaban J connectivity index is 0.00000112. The number of hydrogen-bond acceptors (Lipinski definition) is 4. The lowest BCUT2D eigenvalue weighted by Crippen LogP contribution is -2.50. The van der Waals surface area contributed by atoms with E-state index in [4.69, 9.17) is 4.74 Å². The number of nitrogens with zero attached hydrogens (tertiary/aromatic N) is 1. The predicted molar refractivity (Wildman–Crippen MR) is 68.9 cm³/mol. The number of piperazine rings is 1. The van der Waals surface area contributed by atoms with Crippen molar-refractivity contribution in [2.24, 2.45) is 0 Å². The third-order valence-corrected chi connectivity index (χ3v) is 2.21. The van der Waals surface area contributed by atoms with E-state index in [0.29, 0.717) is 12.6 Å². The average Bonchev–Trinajstić information content (AvgIpc) is 2.29. The zero-order valence-electron chi connectivity index (χ0n) is 8.89. The van der Waals surface area contributed by atoms with Gasteiger partial charge in [0, 0.05) is 25.8 Å². The fraction of sp³-hybridized carbons (Fsp3) is 0.500. The first-order chi connectivity index (χ1) is 6.95. The highest BCUT2D eigenvalue weighted by atomic mass is 35.5. The number of aromatic nitrogens is 1. The van der Waals surface area contributed by atoms with E-state index < -0.39 is 0 Å². The Hall–Kier alpha value is -0.550. The SMILES string of the molecule is Cl.Cl.c1cncc(OCC2CNCCN2)c1. The normalized spacial score (nSPS) is 19.1. The molecule has 0 amide bonds. The Labute approximate surface area is 108 Å². The summed E-state index contributed by atoms with van der Waals surface area (Å²) < 4.78 is 5.58. The number of rotatable bonds is 3. The van der Waals surface area contributed by atoms with Crippen molar-refractivity contribution in [3.8, 4) is 5.75 Å². The maximum absolute atomic E-state index is 5.58. The van der Waals surface area contributed by atoms with Crippen LogP contribution < -0.4 is 15.4 Å². The van der Waals surface area contributed by atoms with Crippen molar-refractivity contribution in [2.45, 2.75) is 6.04 Å². The summed E-state index contributed by atoms with van der Waals surface area (Å²) in [6, 6.07) is 4.20. The lowest BCUT2D eigenvalue weighted by atomic mass is 10.2. The van der Waals surface area contributed by atoms with E-state index in [1.807, 2.05) is 12.1 Å². The second kappa shape index (κ2) is 8.58. The molecule has 0 spiro atoms. The van der Waals surface area contributed by atoms with E-state index in [1.165, 1.54) is 0 Å². The van der Waals surface area contributed by atoms with E-state index in [1.54, 1.807) is 12.4 Å². The van der Waals surface area contributed by atoms with Gasteiger partial charge in [-0.25, -0.2) is 0 Å². The minimum absolute atomic E-state index is 0. The second-order valence-electron chi connectivity index (χ2n) is 3.35. The predicted octanol–water partition coefficient (Wildman–Crippen LogP) is 0.865. The zero-order chi connectivity index (χ0) is 9.64. The third kappa shape index (κ3) is 4.99. The minimum Gasteiger partial charge on any atom is -0.490 e. The minimum atomic E-state index is 0. The van der Waals surface area contributed by atoms with E-state index in [0.717, 1.165) is 25.4 Å². The van der Waals surface area contributed by atoms with Crippen LogP contribution in [0.2, 0.25) is 0 Å². The van der Waals surface area contributed by atoms with Crippen LogP contribution in [0.15, 0.2) is 24.5 Å². The lowest BCUT2D eigenvalue weighted by Gasteiger charge is -2.24. The summed E-state index contributed by atoms with van der Waals surface area (Å²) in [5.41, 5.74) is 0. The third-order valence-electron chi connectivity index (χ3n) is 2.21. The number of pyridine rings is 1. The van der Waals surface area contributed by atoms with Crippen LogP contribution in [0.5, 0.6) is 5.75 Å². The van der Waals surface area contributed by atoms with Gasteiger partial charge in [0.1, 0.15) is 12.4 Å². The Morgan fingerprint density at radius 3 is 2.88 bits per heavy atom. The average molecular weight is 266 g/mol. The van der Waals surface area contributed by atoms with Gasteiger partial charge in [0.25, 0.3) is 0 Å². The van der Waals surface area contributed by atoms with Gasteiger partial charge in [-0.05, 0) is 12.1 Å². The fourth-order valence-corrected chi connectivity index (χ4v) is 1.46. The molecule has 2 heterocycles. The molecular weight excluding hydrogens is 249 g/mol. The number of hydrogen-bond donors (Lipinski definition) is 2. The first-order valence-corrected chi connectivity index (χ1v) is 4.92. The Morgan fingerprint density at radius 2 is 2.25 bits per heavy atom. The van der Waals surface area contributed by atoms with Crippen molar-refractivity contribution in [1.29, 1.82) is 0 Å². The summed E-state index contributed by atoms with van der Waals surface area (Å²) in [6.07, 6.45) is 3.48. The summed E-state index contributed by atoms with van der Waals surface area (Å²) in [5, 5.41) is 6.69. The molecule has 1 aromatic heterocycles. The fourth-order valence-electron chi connectivity index (χ4n) is 1.46. The van der Waals surface area contributed by atoms with Crippen LogP contribution in [-0.4, -0.2) is 37.3 Å². The number of nitrogens with one attached hydrogen (secondary N) is 2. The summed E-state index contributed by atoms with van der Waals surface area (Å²) in [4.78, 5) is 3.99. The zero-order valence-corrected chi connectivity index (χ0v) is 10.5. The topological polar surface area (TPSA) is 46.2 Å². The largest absolute Gasteiger partial charge is 0.490 e. The molecule has 1 aromatic rings. The van der Waals surface area contributed by atoms with Crippen molar-refractivity contribution in [3.05, 3.63) is 24.5 Å². The van der Waals surface area contributed by atoms with Gasteiger partial charge in [-0.3, -0.25) is 4.98 Å². The smallest absolute Gasteiger partial charge is 0.137 e. The molecule has 6 heteroatoms. The highest BCUT2D eigenvalue weighted by molar-refractivity contribution is 5.85. The molecule has 92 valence electrons. The molecule has 0 saturated carbocycles. The standard InChI is InChI=1S/C10H15N3O.2ClH/c1-2-10(7-11-3-1)14-8-9-6-12-4-5-13-9;;/h1-3,7,9,12-13H,4-6,8H2;2*1H. The van der Waals surface area contributed by atoms with E-state index in [2.05, 4.69) is 15.6 Å². The lowest BCUT2D eigenvalue weighted by molar-refractivity contribution is 0.246. The molecule has 1 aliphatic heterocycles. The summed E-state index contributed by atoms with van der Waals surface area (Å²) >= 11 is 0. The molecule has 4 nitrogen and oxygen atoms in total. The van der Waals surface area contributed by atoms with Gasteiger partial charge in [-0.2, -0.15) is 0 Å². The highest BCUT2D eigenvalue weighted by Crippen LogP contribution is 2.06. The molecule has 1 fully saturated rings. The van der Waals surface area contributed by atoms with E-state index in [-0.39, 0.29) is 24.8 Å². The van der Waals surface area contributed by atoms with Crippen molar-refractivity contribution in [2.75, 3.05) is 26.2 Å². The molecule has 2 N–H and O–H groups in total. The molecule has 1 atom stereocenters. The molecule has 0 radical (unpaired) electrons. The van der Waals surface area contributed by atoms with Gasteiger partial charge >= 0.3 is 0 Å². The monoisotopic (exact) mass is 265 g/mol.